The Bertz CT molecular complexity index is 568. The second-order valence-electron chi connectivity index (χ2n) is 3.47. The van der Waals surface area contributed by atoms with Crippen LogP contribution in [0.2, 0.25) is 0 Å². The molecular formula is C10H13N5O4. The number of hydroxylamine groups is 1. The predicted molar refractivity (Wildman–Crippen MR) is 63.1 cm³/mol. The summed E-state index contributed by atoms with van der Waals surface area (Å²) in [6.07, 6.45) is -0.0990. The number of carbonyl (C=O) groups is 2. The van der Waals surface area contributed by atoms with E-state index in [1.54, 1.807) is 12.1 Å². The molecule has 0 saturated heterocycles. The summed E-state index contributed by atoms with van der Waals surface area (Å²) in [4.78, 5) is 20.9. The van der Waals surface area contributed by atoms with E-state index in [1.165, 1.54) is 5.48 Å². The number of benzene rings is 1. The number of fused-ring (bicyclic) bond motifs is 1. The lowest BCUT2D eigenvalue weighted by molar-refractivity contribution is -0.131. The summed E-state index contributed by atoms with van der Waals surface area (Å²) in [5.74, 6) is -1.16. The summed E-state index contributed by atoms with van der Waals surface area (Å²) in [6, 6.07) is 7.19. The average molecular weight is 267 g/mol. The van der Waals surface area contributed by atoms with Gasteiger partial charge in [0.05, 0.1) is 0 Å². The molecule has 0 atom stereocenters. The van der Waals surface area contributed by atoms with Gasteiger partial charge in [-0.2, -0.15) is 0 Å². The fraction of sp³-hybridized carbons (Fsp3) is 0.200. The van der Waals surface area contributed by atoms with Crippen molar-refractivity contribution < 1.29 is 20.0 Å². The normalized spacial score (nSPS) is 9.53. The molecule has 19 heavy (non-hydrogen) atoms. The lowest BCUT2D eigenvalue weighted by Gasteiger charge is -1.92. The Hall–Kier alpha value is -2.68. The first-order valence-corrected chi connectivity index (χ1v) is 5.25. The van der Waals surface area contributed by atoms with E-state index < -0.39 is 11.8 Å². The van der Waals surface area contributed by atoms with Crippen molar-refractivity contribution in [1.82, 2.24) is 20.6 Å². The van der Waals surface area contributed by atoms with Crippen LogP contribution in [0.3, 0.4) is 0 Å². The summed E-state index contributed by atoms with van der Waals surface area (Å²) in [6.45, 7) is 0. The van der Waals surface area contributed by atoms with Crippen molar-refractivity contribution in [2.75, 3.05) is 0 Å². The minimum atomic E-state index is -0.603. The largest absolute Gasteiger partial charge is 0.410 e. The van der Waals surface area contributed by atoms with E-state index in [1.807, 2.05) is 12.1 Å². The molecule has 0 aliphatic carbocycles. The van der Waals surface area contributed by atoms with E-state index in [-0.39, 0.29) is 12.8 Å². The number of nitrogens with one attached hydrogen (secondary N) is 1. The van der Waals surface area contributed by atoms with Crippen molar-refractivity contribution in [3.8, 4) is 0 Å². The molecule has 2 rings (SSSR count). The van der Waals surface area contributed by atoms with E-state index in [4.69, 9.17) is 16.1 Å². The molecule has 0 saturated carbocycles. The molecule has 1 aromatic carbocycles. The Morgan fingerprint density at radius 1 is 1.32 bits per heavy atom. The van der Waals surface area contributed by atoms with Crippen LogP contribution in [0, 0.1) is 0 Å². The number of carbonyl (C=O) groups excluding carboxylic acids is 2. The van der Waals surface area contributed by atoms with Crippen LogP contribution in [0.5, 0.6) is 0 Å². The second-order valence-corrected chi connectivity index (χ2v) is 3.47. The van der Waals surface area contributed by atoms with Crippen LogP contribution >= 0.6 is 0 Å². The molecule has 2 aromatic rings. The van der Waals surface area contributed by atoms with Gasteiger partial charge < -0.3 is 10.9 Å². The van der Waals surface area contributed by atoms with Gasteiger partial charge in [-0.15, -0.1) is 5.10 Å². The third kappa shape index (κ3) is 4.60. The third-order valence-corrected chi connectivity index (χ3v) is 2.06. The van der Waals surface area contributed by atoms with Crippen LogP contribution in [0.1, 0.15) is 12.8 Å². The maximum absolute atomic E-state index is 10.1. The summed E-state index contributed by atoms with van der Waals surface area (Å²) in [5.41, 5.74) is 7.39. The van der Waals surface area contributed by atoms with Crippen molar-refractivity contribution in [3.63, 3.8) is 0 Å². The fourth-order valence-electron chi connectivity index (χ4n) is 1.15. The SMILES string of the molecule is NC(=O)CCC(=O)NO.On1nnc2ccccc21. The first kappa shape index (κ1) is 14.4. The highest BCUT2D eigenvalue weighted by atomic mass is 16.5. The number of amides is 2. The summed E-state index contributed by atoms with van der Waals surface area (Å²) >= 11 is 0. The van der Waals surface area contributed by atoms with Crippen LogP contribution in [0.15, 0.2) is 24.3 Å². The maximum atomic E-state index is 10.1. The lowest BCUT2D eigenvalue weighted by atomic mass is 10.3. The molecule has 1 heterocycles. The molecule has 1 aromatic heterocycles. The molecule has 9 heteroatoms. The molecule has 0 fully saturated rings. The van der Waals surface area contributed by atoms with E-state index >= 15 is 0 Å². The van der Waals surface area contributed by atoms with Gasteiger partial charge >= 0.3 is 0 Å². The van der Waals surface area contributed by atoms with Crippen molar-refractivity contribution in [2.24, 2.45) is 5.73 Å². The van der Waals surface area contributed by atoms with Crippen LogP contribution in [-0.4, -0.2) is 37.4 Å². The van der Waals surface area contributed by atoms with Crippen molar-refractivity contribution in [3.05, 3.63) is 24.3 Å². The number of primary amides is 1. The smallest absolute Gasteiger partial charge is 0.243 e. The number of hydrogen-bond acceptors (Lipinski definition) is 6. The Labute approximate surface area is 107 Å². The second kappa shape index (κ2) is 6.91. The first-order valence-electron chi connectivity index (χ1n) is 5.25. The Morgan fingerprint density at radius 3 is 2.58 bits per heavy atom. The Morgan fingerprint density at radius 2 is 2.00 bits per heavy atom. The molecule has 5 N–H and O–H groups in total. The summed E-state index contributed by atoms with van der Waals surface area (Å²) in [7, 11) is 0. The zero-order valence-electron chi connectivity index (χ0n) is 9.85. The number of nitrogens with zero attached hydrogens (tertiary/aromatic N) is 3. The van der Waals surface area contributed by atoms with Gasteiger partial charge in [-0.3, -0.25) is 14.8 Å². The first-order chi connectivity index (χ1) is 9.04. The highest BCUT2D eigenvalue weighted by Crippen LogP contribution is 2.06. The van der Waals surface area contributed by atoms with Gasteiger partial charge in [-0.25, -0.2) is 5.48 Å². The molecule has 102 valence electrons. The van der Waals surface area contributed by atoms with Crippen molar-refractivity contribution in [1.29, 1.82) is 0 Å². The van der Waals surface area contributed by atoms with Crippen LogP contribution < -0.4 is 11.2 Å². The van der Waals surface area contributed by atoms with Crippen LogP contribution in [0.25, 0.3) is 11.0 Å². The highest BCUT2D eigenvalue weighted by Gasteiger charge is 2.00. The van der Waals surface area contributed by atoms with Gasteiger partial charge in [0, 0.05) is 12.8 Å². The number of aromatic nitrogens is 3. The Balaban J connectivity index is 0.000000192. The van der Waals surface area contributed by atoms with Crippen LogP contribution in [-0.2, 0) is 9.59 Å². The van der Waals surface area contributed by atoms with Gasteiger partial charge in [-0.1, -0.05) is 17.0 Å². The monoisotopic (exact) mass is 267 g/mol. The van der Waals surface area contributed by atoms with Gasteiger partial charge in [0.2, 0.25) is 11.8 Å². The van der Waals surface area contributed by atoms with Gasteiger partial charge in [0.25, 0.3) is 0 Å². The van der Waals surface area contributed by atoms with Gasteiger partial charge in [0.15, 0.2) is 0 Å². The number of rotatable bonds is 3. The van der Waals surface area contributed by atoms with E-state index in [0.717, 1.165) is 4.85 Å². The van der Waals surface area contributed by atoms with Gasteiger partial charge in [-0.05, 0) is 17.3 Å². The summed E-state index contributed by atoms with van der Waals surface area (Å²) in [5, 5.41) is 23.9. The van der Waals surface area contributed by atoms with E-state index in [0.29, 0.717) is 11.0 Å². The number of para-hydroxylation sites is 1. The molecule has 0 aliphatic heterocycles. The lowest BCUT2D eigenvalue weighted by Crippen LogP contribution is -2.21. The molecule has 0 radical (unpaired) electrons. The average Bonchev–Trinajstić information content (AvgIpc) is 2.79. The van der Waals surface area contributed by atoms with Crippen LogP contribution in [0.4, 0.5) is 0 Å². The molecule has 0 spiro atoms. The third-order valence-electron chi connectivity index (χ3n) is 2.06. The molecule has 0 aliphatic rings. The van der Waals surface area contributed by atoms with Gasteiger partial charge in [0.1, 0.15) is 11.0 Å². The number of hydrogen-bond donors (Lipinski definition) is 4. The zero-order valence-corrected chi connectivity index (χ0v) is 9.85. The summed E-state index contributed by atoms with van der Waals surface area (Å²) < 4.78 is 0. The van der Waals surface area contributed by atoms with E-state index in [2.05, 4.69) is 10.3 Å². The molecule has 9 nitrogen and oxygen atoms in total. The maximum Gasteiger partial charge on any atom is 0.243 e. The standard InChI is InChI=1S/C6H5N3O.C4H8N2O3/c10-9-6-4-2-1-3-5(6)7-8-9;5-3(7)1-2-4(8)6-9/h1-4,10H;9H,1-2H2,(H2,5,7)(H,6,8). The fourth-order valence-corrected chi connectivity index (χ4v) is 1.15. The zero-order chi connectivity index (χ0) is 14.3. The van der Waals surface area contributed by atoms with E-state index in [9.17, 15) is 9.59 Å². The van der Waals surface area contributed by atoms with Crippen molar-refractivity contribution >= 4 is 22.8 Å². The Kier molecular flexibility index (Phi) is 5.23. The number of nitrogens with two attached hydrogens (primary N) is 1. The predicted octanol–water partition coefficient (Wildman–Crippen LogP) is -0.574. The topological polar surface area (TPSA) is 143 Å². The molecule has 2 amide bonds. The van der Waals surface area contributed by atoms with Crippen molar-refractivity contribution in [2.45, 2.75) is 12.8 Å². The minimum absolute atomic E-state index is 0.0353. The molecule has 0 unspecified atom stereocenters. The quantitative estimate of drug-likeness (QED) is 0.333. The molecular weight excluding hydrogens is 254 g/mol. The highest BCUT2D eigenvalue weighted by molar-refractivity contribution is 5.82. The molecule has 0 bridgehead atoms. The minimum Gasteiger partial charge on any atom is -0.410 e.